The molecule has 0 atom stereocenters. The van der Waals surface area contributed by atoms with Crippen LogP contribution in [0.2, 0.25) is 0 Å². The molecule has 82 valence electrons. The Labute approximate surface area is 89.1 Å². The third kappa shape index (κ3) is 1.62. The van der Waals surface area contributed by atoms with Gasteiger partial charge in [0.05, 0.1) is 0 Å². The molecule has 5 nitrogen and oxygen atoms in total. The van der Waals surface area contributed by atoms with E-state index in [1.54, 1.807) is 4.90 Å². The van der Waals surface area contributed by atoms with E-state index < -0.39 is 0 Å². The number of fused-ring (bicyclic) bond motifs is 1. The third-order valence-corrected chi connectivity index (χ3v) is 2.75. The van der Waals surface area contributed by atoms with Gasteiger partial charge in [0.25, 0.3) is 5.91 Å². The van der Waals surface area contributed by atoms with Gasteiger partial charge in [-0.3, -0.25) is 4.79 Å². The van der Waals surface area contributed by atoms with E-state index in [-0.39, 0.29) is 5.91 Å². The van der Waals surface area contributed by atoms with E-state index in [1.165, 1.54) is 0 Å². The van der Waals surface area contributed by atoms with Crippen LogP contribution < -0.4 is 0 Å². The highest BCUT2D eigenvalue weighted by Crippen LogP contribution is 2.13. The molecule has 0 aromatic carbocycles. The lowest BCUT2D eigenvalue weighted by atomic mass is 10.3. The first-order valence-corrected chi connectivity index (χ1v) is 5.49. The molecule has 5 heteroatoms. The zero-order valence-electron chi connectivity index (χ0n) is 9.23. The van der Waals surface area contributed by atoms with Crippen molar-refractivity contribution >= 4 is 5.91 Å². The maximum atomic E-state index is 11.9. The second kappa shape index (κ2) is 4.00. The van der Waals surface area contributed by atoms with Gasteiger partial charge in [-0.2, -0.15) is 0 Å². The Morgan fingerprint density at radius 3 is 2.73 bits per heavy atom. The Kier molecular flexibility index (Phi) is 2.70. The molecule has 2 heterocycles. The average Bonchev–Trinajstić information content (AvgIpc) is 2.64. The summed E-state index contributed by atoms with van der Waals surface area (Å²) in [6, 6.07) is 0. The van der Waals surface area contributed by atoms with Gasteiger partial charge in [0.15, 0.2) is 0 Å². The van der Waals surface area contributed by atoms with E-state index in [0.29, 0.717) is 5.82 Å². The van der Waals surface area contributed by atoms with Crippen LogP contribution >= 0.6 is 0 Å². The summed E-state index contributed by atoms with van der Waals surface area (Å²) >= 11 is 0. The lowest BCUT2D eigenvalue weighted by molar-refractivity contribution is 0.0705. The number of amides is 1. The molecule has 15 heavy (non-hydrogen) atoms. The summed E-state index contributed by atoms with van der Waals surface area (Å²) in [5, 5.41) is 8.05. The molecule has 1 aliphatic rings. The topological polar surface area (TPSA) is 51.0 Å². The molecule has 0 radical (unpaired) electrons. The number of nitrogens with zero attached hydrogens (tertiary/aromatic N) is 4. The van der Waals surface area contributed by atoms with E-state index >= 15 is 0 Å². The quantitative estimate of drug-likeness (QED) is 0.735. The standard InChI is InChI=1S/C10H16N4O/c1-3-5-8-11-12-9-10(15)13(4-2)6-7-14(8)9/h3-7H2,1-2H3. The molecule has 0 aliphatic carbocycles. The Hall–Kier alpha value is -1.39. The first-order valence-electron chi connectivity index (χ1n) is 5.49. The summed E-state index contributed by atoms with van der Waals surface area (Å²) in [6.45, 7) is 6.44. The van der Waals surface area contributed by atoms with E-state index in [0.717, 1.165) is 38.3 Å². The fraction of sp³-hybridized carbons (Fsp3) is 0.700. The second-order valence-corrected chi connectivity index (χ2v) is 3.73. The normalized spacial score (nSPS) is 15.6. The summed E-state index contributed by atoms with van der Waals surface area (Å²) in [5.41, 5.74) is 0. The van der Waals surface area contributed by atoms with Gasteiger partial charge in [0.2, 0.25) is 5.82 Å². The molecule has 2 rings (SSSR count). The van der Waals surface area contributed by atoms with E-state index in [4.69, 9.17) is 0 Å². The number of carbonyl (C=O) groups excluding carboxylic acids is 1. The molecule has 1 aromatic heterocycles. The average molecular weight is 208 g/mol. The molecule has 0 unspecified atom stereocenters. The van der Waals surface area contributed by atoms with Crippen LogP contribution in [0.25, 0.3) is 0 Å². The molecule has 0 saturated carbocycles. The maximum absolute atomic E-state index is 11.9. The zero-order chi connectivity index (χ0) is 10.8. The van der Waals surface area contributed by atoms with Gasteiger partial charge in [0, 0.05) is 26.1 Å². The fourth-order valence-electron chi connectivity index (χ4n) is 1.90. The number of hydrogen-bond acceptors (Lipinski definition) is 3. The number of carbonyl (C=O) groups is 1. The lowest BCUT2D eigenvalue weighted by Gasteiger charge is -2.26. The minimum atomic E-state index is 0.0126. The number of hydrogen-bond donors (Lipinski definition) is 0. The Bertz CT molecular complexity index is 371. The van der Waals surface area contributed by atoms with Crippen molar-refractivity contribution in [3.8, 4) is 0 Å². The van der Waals surface area contributed by atoms with Crippen LogP contribution in [0.1, 0.15) is 36.7 Å². The van der Waals surface area contributed by atoms with Crippen molar-refractivity contribution in [1.29, 1.82) is 0 Å². The summed E-state index contributed by atoms with van der Waals surface area (Å²) in [5.74, 6) is 1.46. The molecule has 1 amide bonds. The molecule has 0 saturated heterocycles. The van der Waals surface area contributed by atoms with Gasteiger partial charge in [-0.1, -0.05) is 6.92 Å². The van der Waals surface area contributed by atoms with Gasteiger partial charge in [-0.05, 0) is 13.3 Å². The minimum absolute atomic E-state index is 0.0126. The lowest BCUT2D eigenvalue weighted by Crippen LogP contribution is -2.40. The Morgan fingerprint density at radius 1 is 1.27 bits per heavy atom. The van der Waals surface area contributed by atoms with E-state index in [2.05, 4.69) is 17.1 Å². The van der Waals surface area contributed by atoms with Crippen molar-refractivity contribution in [3.05, 3.63) is 11.6 Å². The molecule has 0 fully saturated rings. The number of likely N-dealkylation sites (N-methyl/N-ethyl adjacent to an activating group) is 1. The van der Waals surface area contributed by atoms with Gasteiger partial charge in [0.1, 0.15) is 5.82 Å². The molecule has 1 aliphatic heterocycles. The van der Waals surface area contributed by atoms with Crippen molar-refractivity contribution in [1.82, 2.24) is 19.7 Å². The number of rotatable bonds is 3. The number of aromatic nitrogens is 3. The first kappa shape index (κ1) is 10.1. The predicted octanol–water partition coefficient (Wildman–Crippen LogP) is 0.706. The zero-order valence-corrected chi connectivity index (χ0v) is 9.23. The molecular formula is C10H16N4O. The highest BCUT2D eigenvalue weighted by atomic mass is 16.2. The van der Waals surface area contributed by atoms with Gasteiger partial charge < -0.3 is 9.47 Å². The van der Waals surface area contributed by atoms with Gasteiger partial charge in [-0.25, -0.2) is 0 Å². The smallest absolute Gasteiger partial charge is 0.291 e. The van der Waals surface area contributed by atoms with Crippen molar-refractivity contribution in [2.45, 2.75) is 33.2 Å². The fourth-order valence-corrected chi connectivity index (χ4v) is 1.90. The van der Waals surface area contributed by atoms with Crippen LogP contribution in [0, 0.1) is 0 Å². The van der Waals surface area contributed by atoms with Crippen LogP contribution in [-0.4, -0.2) is 38.7 Å². The van der Waals surface area contributed by atoms with Crippen LogP contribution in [0.3, 0.4) is 0 Å². The molecule has 1 aromatic rings. The molecule has 0 spiro atoms. The summed E-state index contributed by atoms with van der Waals surface area (Å²) in [6.07, 6.45) is 1.93. The minimum Gasteiger partial charge on any atom is -0.334 e. The summed E-state index contributed by atoms with van der Waals surface area (Å²) < 4.78 is 1.96. The monoisotopic (exact) mass is 208 g/mol. The Balaban J connectivity index is 2.30. The number of aryl methyl sites for hydroxylation is 1. The van der Waals surface area contributed by atoms with Crippen LogP contribution in [0.4, 0.5) is 0 Å². The SMILES string of the molecule is CCCc1nnc2n1CCN(CC)C2=O. The summed E-state index contributed by atoms with van der Waals surface area (Å²) in [7, 11) is 0. The highest BCUT2D eigenvalue weighted by molar-refractivity contribution is 5.91. The predicted molar refractivity (Wildman–Crippen MR) is 55.6 cm³/mol. The Morgan fingerprint density at radius 2 is 2.07 bits per heavy atom. The first-order chi connectivity index (χ1) is 7.27. The molecule has 0 bridgehead atoms. The van der Waals surface area contributed by atoms with Crippen LogP contribution in [-0.2, 0) is 13.0 Å². The van der Waals surface area contributed by atoms with Crippen molar-refractivity contribution in [3.63, 3.8) is 0 Å². The largest absolute Gasteiger partial charge is 0.334 e. The second-order valence-electron chi connectivity index (χ2n) is 3.73. The van der Waals surface area contributed by atoms with Crippen LogP contribution in [0.15, 0.2) is 0 Å². The highest BCUT2D eigenvalue weighted by Gasteiger charge is 2.27. The maximum Gasteiger partial charge on any atom is 0.291 e. The van der Waals surface area contributed by atoms with E-state index in [9.17, 15) is 4.79 Å². The third-order valence-electron chi connectivity index (χ3n) is 2.75. The molecular weight excluding hydrogens is 192 g/mol. The van der Waals surface area contributed by atoms with Crippen molar-refractivity contribution in [2.75, 3.05) is 13.1 Å². The van der Waals surface area contributed by atoms with Crippen molar-refractivity contribution < 1.29 is 4.79 Å². The van der Waals surface area contributed by atoms with E-state index in [1.807, 2.05) is 11.5 Å². The van der Waals surface area contributed by atoms with Crippen LogP contribution in [0.5, 0.6) is 0 Å². The molecule has 0 N–H and O–H groups in total. The van der Waals surface area contributed by atoms with Gasteiger partial charge in [-0.15, -0.1) is 10.2 Å². The van der Waals surface area contributed by atoms with Crippen molar-refractivity contribution in [2.24, 2.45) is 0 Å². The van der Waals surface area contributed by atoms with Gasteiger partial charge >= 0.3 is 0 Å². The summed E-state index contributed by atoms with van der Waals surface area (Å²) in [4.78, 5) is 13.7.